The number of nitrogen functional groups attached to an aromatic ring is 1. The van der Waals surface area contributed by atoms with Crippen LogP contribution in [-0.2, 0) is 0 Å². The average Bonchev–Trinajstić information content (AvgIpc) is 2.63. The highest BCUT2D eigenvalue weighted by atomic mass is 16.5. The van der Waals surface area contributed by atoms with Gasteiger partial charge >= 0.3 is 0 Å². The molecule has 3 rings (SSSR count). The fourth-order valence-corrected chi connectivity index (χ4v) is 3.26. The van der Waals surface area contributed by atoms with Crippen molar-refractivity contribution >= 4 is 23.0 Å². The van der Waals surface area contributed by atoms with Crippen molar-refractivity contribution in [2.75, 3.05) is 29.6 Å². The first-order valence-electron chi connectivity index (χ1n) is 8.51. The molecule has 2 heterocycles. The Balaban J connectivity index is 1.87. The number of anilines is 4. The zero-order valence-corrected chi connectivity index (χ0v) is 14.3. The number of nitrogens with one attached hydrogen (secondary N) is 1. The van der Waals surface area contributed by atoms with E-state index in [0.717, 1.165) is 30.2 Å². The zero-order chi connectivity index (χ0) is 16.9. The van der Waals surface area contributed by atoms with Crippen LogP contribution in [0.25, 0.3) is 0 Å². The summed E-state index contributed by atoms with van der Waals surface area (Å²) in [5.74, 6) is 2.26. The lowest BCUT2D eigenvalue weighted by Gasteiger charge is -2.36. The number of nitrogens with zero attached hydrogens (tertiary/aromatic N) is 3. The number of aromatic nitrogens is 2. The predicted octanol–water partition coefficient (Wildman–Crippen LogP) is 3.58. The Morgan fingerprint density at radius 1 is 1.33 bits per heavy atom. The van der Waals surface area contributed by atoms with Crippen LogP contribution in [0.4, 0.5) is 23.0 Å². The van der Waals surface area contributed by atoms with Gasteiger partial charge in [0.25, 0.3) is 0 Å². The summed E-state index contributed by atoms with van der Waals surface area (Å²) in [4.78, 5) is 11.1. The lowest BCUT2D eigenvalue weighted by Crippen LogP contribution is -2.40. The van der Waals surface area contributed by atoms with Gasteiger partial charge in [-0.1, -0.05) is 13.0 Å². The molecule has 1 saturated heterocycles. The van der Waals surface area contributed by atoms with Gasteiger partial charge < -0.3 is 20.7 Å². The van der Waals surface area contributed by atoms with Crippen molar-refractivity contribution in [3.8, 4) is 5.75 Å². The lowest BCUT2D eigenvalue weighted by molar-refractivity contribution is 0.415. The third-order valence-electron chi connectivity index (χ3n) is 4.57. The second kappa shape index (κ2) is 7.38. The Morgan fingerprint density at radius 3 is 3.00 bits per heavy atom. The van der Waals surface area contributed by atoms with Gasteiger partial charge in [-0.15, -0.1) is 0 Å². The van der Waals surface area contributed by atoms with Crippen LogP contribution in [-0.4, -0.2) is 29.7 Å². The van der Waals surface area contributed by atoms with E-state index in [-0.39, 0.29) is 0 Å². The second-order valence-electron chi connectivity index (χ2n) is 6.07. The Kier molecular flexibility index (Phi) is 5.03. The van der Waals surface area contributed by atoms with E-state index in [0.29, 0.717) is 17.5 Å². The molecule has 1 aromatic heterocycles. The molecule has 1 aromatic carbocycles. The van der Waals surface area contributed by atoms with Gasteiger partial charge in [0, 0.05) is 24.3 Å². The molecule has 6 nitrogen and oxygen atoms in total. The standard InChI is InChI=1S/C18H25N5O/c1-3-14-8-4-5-10-23(14)18-16(19)17(20-12-21-18)22-13-7-6-9-15(11-13)24-2/h6-7,9,11-12,14H,3-5,8,10,19H2,1-2H3,(H,20,21,22). The Labute approximate surface area is 143 Å². The van der Waals surface area contributed by atoms with Crippen LogP contribution in [0.5, 0.6) is 5.75 Å². The van der Waals surface area contributed by atoms with Crippen LogP contribution in [0.3, 0.4) is 0 Å². The molecule has 0 saturated carbocycles. The third kappa shape index (κ3) is 3.37. The van der Waals surface area contributed by atoms with E-state index in [2.05, 4.69) is 27.1 Å². The molecule has 128 valence electrons. The smallest absolute Gasteiger partial charge is 0.159 e. The number of piperidine rings is 1. The minimum atomic E-state index is 0.501. The van der Waals surface area contributed by atoms with Gasteiger partial charge in [0.2, 0.25) is 0 Å². The van der Waals surface area contributed by atoms with E-state index >= 15 is 0 Å². The van der Waals surface area contributed by atoms with Crippen molar-refractivity contribution in [3.05, 3.63) is 30.6 Å². The number of methoxy groups -OCH3 is 1. The van der Waals surface area contributed by atoms with E-state index in [1.54, 1.807) is 13.4 Å². The van der Waals surface area contributed by atoms with E-state index < -0.39 is 0 Å². The summed E-state index contributed by atoms with van der Waals surface area (Å²) in [5, 5.41) is 3.28. The van der Waals surface area contributed by atoms with Crippen molar-refractivity contribution in [3.63, 3.8) is 0 Å². The quantitative estimate of drug-likeness (QED) is 0.874. The van der Waals surface area contributed by atoms with Gasteiger partial charge in [-0.3, -0.25) is 0 Å². The monoisotopic (exact) mass is 327 g/mol. The molecule has 1 unspecified atom stereocenters. The summed E-state index contributed by atoms with van der Waals surface area (Å²) >= 11 is 0. The first-order chi connectivity index (χ1) is 11.7. The number of ether oxygens (including phenoxy) is 1. The highest BCUT2D eigenvalue weighted by molar-refractivity contribution is 5.78. The summed E-state index contributed by atoms with van der Waals surface area (Å²) in [6.07, 6.45) is 6.32. The minimum Gasteiger partial charge on any atom is -0.497 e. The highest BCUT2D eigenvalue weighted by Gasteiger charge is 2.24. The van der Waals surface area contributed by atoms with Crippen molar-refractivity contribution in [2.24, 2.45) is 0 Å². The van der Waals surface area contributed by atoms with Crippen molar-refractivity contribution in [2.45, 2.75) is 38.6 Å². The van der Waals surface area contributed by atoms with Crippen molar-refractivity contribution in [1.29, 1.82) is 0 Å². The molecule has 2 aromatic rings. The largest absolute Gasteiger partial charge is 0.497 e. The molecule has 1 atom stereocenters. The van der Waals surface area contributed by atoms with E-state index in [1.807, 2.05) is 24.3 Å². The lowest BCUT2D eigenvalue weighted by atomic mass is 10.00. The van der Waals surface area contributed by atoms with Crippen molar-refractivity contribution < 1.29 is 4.74 Å². The predicted molar refractivity (Wildman–Crippen MR) is 98.0 cm³/mol. The summed E-state index contributed by atoms with van der Waals surface area (Å²) in [7, 11) is 1.65. The van der Waals surface area contributed by atoms with Gasteiger partial charge in [-0.2, -0.15) is 0 Å². The number of nitrogens with two attached hydrogens (primary N) is 1. The maximum absolute atomic E-state index is 6.39. The molecule has 24 heavy (non-hydrogen) atoms. The molecule has 0 spiro atoms. The fraction of sp³-hybridized carbons (Fsp3) is 0.444. The van der Waals surface area contributed by atoms with Crippen LogP contribution >= 0.6 is 0 Å². The molecule has 3 N–H and O–H groups in total. The molecule has 1 aliphatic rings. The number of hydrogen-bond acceptors (Lipinski definition) is 6. The van der Waals surface area contributed by atoms with E-state index in [4.69, 9.17) is 10.5 Å². The fourth-order valence-electron chi connectivity index (χ4n) is 3.26. The molecular formula is C18H25N5O. The normalized spacial score (nSPS) is 17.6. The van der Waals surface area contributed by atoms with Gasteiger partial charge in [0.1, 0.15) is 17.8 Å². The molecular weight excluding hydrogens is 302 g/mol. The number of benzene rings is 1. The molecule has 0 amide bonds. The average molecular weight is 327 g/mol. The molecule has 0 aliphatic carbocycles. The zero-order valence-electron chi connectivity index (χ0n) is 14.3. The maximum atomic E-state index is 6.39. The van der Waals surface area contributed by atoms with Crippen LogP contribution in [0.2, 0.25) is 0 Å². The second-order valence-corrected chi connectivity index (χ2v) is 6.07. The third-order valence-corrected chi connectivity index (χ3v) is 4.57. The minimum absolute atomic E-state index is 0.501. The van der Waals surface area contributed by atoms with Crippen molar-refractivity contribution in [1.82, 2.24) is 9.97 Å². The van der Waals surface area contributed by atoms with Gasteiger partial charge in [-0.25, -0.2) is 9.97 Å². The Morgan fingerprint density at radius 2 is 2.21 bits per heavy atom. The Hall–Kier alpha value is -2.50. The molecule has 0 bridgehead atoms. The Bertz CT molecular complexity index is 691. The summed E-state index contributed by atoms with van der Waals surface area (Å²) < 4.78 is 5.26. The maximum Gasteiger partial charge on any atom is 0.159 e. The van der Waals surface area contributed by atoms with Crippen LogP contribution in [0.1, 0.15) is 32.6 Å². The molecule has 1 aliphatic heterocycles. The number of rotatable bonds is 5. The summed E-state index contributed by atoms with van der Waals surface area (Å²) in [6.45, 7) is 3.22. The van der Waals surface area contributed by atoms with Crippen LogP contribution in [0.15, 0.2) is 30.6 Å². The molecule has 0 radical (unpaired) electrons. The van der Waals surface area contributed by atoms with Gasteiger partial charge in [0.05, 0.1) is 7.11 Å². The SMILES string of the molecule is CCC1CCCCN1c1ncnc(Nc2cccc(OC)c2)c1N. The summed E-state index contributed by atoms with van der Waals surface area (Å²) in [5.41, 5.74) is 7.87. The van der Waals surface area contributed by atoms with Gasteiger partial charge in [0.15, 0.2) is 11.6 Å². The van der Waals surface area contributed by atoms with Crippen LogP contribution < -0.4 is 20.7 Å². The summed E-state index contributed by atoms with van der Waals surface area (Å²) in [6, 6.07) is 8.20. The number of hydrogen-bond donors (Lipinski definition) is 2. The van der Waals surface area contributed by atoms with Crippen LogP contribution in [0, 0.1) is 0 Å². The first-order valence-corrected chi connectivity index (χ1v) is 8.51. The van der Waals surface area contributed by atoms with E-state index in [9.17, 15) is 0 Å². The topological polar surface area (TPSA) is 76.3 Å². The van der Waals surface area contributed by atoms with Gasteiger partial charge in [-0.05, 0) is 37.8 Å². The molecule has 1 fully saturated rings. The van der Waals surface area contributed by atoms with E-state index in [1.165, 1.54) is 19.3 Å². The molecule has 6 heteroatoms. The highest BCUT2D eigenvalue weighted by Crippen LogP contribution is 2.33. The first kappa shape index (κ1) is 16.4.